The van der Waals surface area contributed by atoms with Gasteiger partial charge in [0.25, 0.3) is 0 Å². The largest absolute Gasteiger partial charge is 0.294 e. The van der Waals surface area contributed by atoms with E-state index in [-0.39, 0.29) is 29.2 Å². The van der Waals surface area contributed by atoms with E-state index in [9.17, 15) is 17.6 Å². The monoisotopic (exact) mass is 335 g/mol. The van der Waals surface area contributed by atoms with Crippen molar-refractivity contribution in [2.75, 3.05) is 0 Å². The van der Waals surface area contributed by atoms with Crippen LogP contribution in [-0.2, 0) is 16.3 Å². The third kappa shape index (κ3) is 2.90. The van der Waals surface area contributed by atoms with Crippen molar-refractivity contribution in [1.82, 2.24) is 0 Å². The molecule has 2 unspecified atom stereocenters. The summed E-state index contributed by atoms with van der Waals surface area (Å²) in [7, 11) is -3.10. The summed E-state index contributed by atoms with van der Waals surface area (Å²) in [6.07, 6.45) is 2.80. The Hall–Kier alpha value is -1.74. The number of hydrogen-bond donors (Lipinski definition) is 0. The first-order chi connectivity index (χ1) is 10.9. The van der Waals surface area contributed by atoms with Crippen LogP contribution in [0.5, 0.6) is 0 Å². The van der Waals surface area contributed by atoms with Crippen LogP contribution in [0.3, 0.4) is 0 Å². The summed E-state index contributed by atoms with van der Waals surface area (Å²) in [6.45, 7) is 0. The maximum Gasteiger partial charge on any atom is 0.166 e. The van der Waals surface area contributed by atoms with Crippen LogP contribution >= 0.6 is 0 Å². The SMILES string of the molecule is N#CCc1ccc(C(=O)C2CC3CCCC(C2)S3(=O)=O)cc1F. The summed E-state index contributed by atoms with van der Waals surface area (Å²) >= 11 is 0. The van der Waals surface area contributed by atoms with Crippen LogP contribution in [0, 0.1) is 23.1 Å². The highest BCUT2D eigenvalue weighted by Crippen LogP contribution is 2.40. The molecular formula is C17H18FNO3S. The lowest BCUT2D eigenvalue weighted by atomic mass is 9.84. The van der Waals surface area contributed by atoms with E-state index < -0.39 is 26.2 Å². The molecular weight excluding hydrogens is 317 g/mol. The lowest BCUT2D eigenvalue weighted by molar-refractivity contribution is 0.0893. The predicted molar refractivity (Wildman–Crippen MR) is 83.1 cm³/mol. The first kappa shape index (κ1) is 16.1. The second-order valence-corrected chi connectivity index (χ2v) is 8.95. The number of nitriles is 1. The Bertz CT molecular complexity index is 762. The summed E-state index contributed by atoms with van der Waals surface area (Å²) in [5.74, 6) is -1.09. The maximum absolute atomic E-state index is 13.9. The van der Waals surface area contributed by atoms with Gasteiger partial charge in [-0.05, 0) is 31.7 Å². The molecule has 1 aromatic rings. The average Bonchev–Trinajstić information content (AvgIpc) is 2.47. The molecule has 0 aromatic heterocycles. The quantitative estimate of drug-likeness (QED) is 0.796. The van der Waals surface area contributed by atoms with Crippen molar-refractivity contribution in [3.05, 3.63) is 35.1 Å². The van der Waals surface area contributed by atoms with Gasteiger partial charge in [-0.25, -0.2) is 12.8 Å². The lowest BCUT2D eigenvalue weighted by Gasteiger charge is -2.38. The lowest BCUT2D eigenvalue weighted by Crippen LogP contribution is -2.45. The molecule has 1 aromatic carbocycles. The minimum Gasteiger partial charge on any atom is -0.294 e. The summed E-state index contributed by atoms with van der Waals surface area (Å²) in [5.41, 5.74) is 0.540. The molecule has 2 saturated heterocycles. The van der Waals surface area contributed by atoms with E-state index in [1.54, 1.807) is 0 Å². The van der Waals surface area contributed by atoms with Gasteiger partial charge in [0.2, 0.25) is 0 Å². The molecule has 23 heavy (non-hydrogen) atoms. The number of Topliss-reactive ketones (excluding diaryl/α,β-unsaturated/α-hetero) is 1. The van der Waals surface area contributed by atoms with Crippen LogP contribution in [0.15, 0.2) is 18.2 Å². The van der Waals surface area contributed by atoms with Gasteiger partial charge in [0.15, 0.2) is 15.6 Å². The number of rotatable bonds is 3. The normalized spacial score (nSPS) is 28.8. The third-order valence-electron chi connectivity index (χ3n) is 5.05. The van der Waals surface area contributed by atoms with Crippen molar-refractivity contribution in [3.8, 4) is 6.07 Å². The van der Waals surface area contributed by atoms with Gasteiger partial charge in [0, 0.05) is 17.0 Å². The Morgan fingerprint density at radius 2 is 1.91 bits per heavy atom. The Balaban J connectivity index is 1.82. The van der Waals surface area contributed by atoms with Crippen LogP contribution < -0.4 is 0 Å². The molecule has 0 radical (unpaired) electrons. The van der Waals surface area contributed by atoms with Gasteiger partial charge >= 0.3 is 0 Å². The Labute approximate surface area is 135 Å². The first-order valence-electron chi connectivity index (χ1n) is 7.85. The van der Waals surface area contributed by atoms with Crippen LogP contribution in [-0.4, -0.2) is 24.7 Å². The van der Waals surface area contributed by atoms with Crippen LogP contribution in [0.1, 0.15) is 48.0 Å². The van der Waals surface area contributed by atoms with Gasteiger partial charge in [-0.1, -0.05) is 18.6 Å². The molecule has 3 rings (SSSR count). The fourth-order valence-corrected chi connectivity index (χ4v) is 6.32. The van der Waals surface area contributed by atoms with E-state index in [1.165, 1.54) is 18.2 Å². The molecule has 2 heterocycles. The van der Waals surface area contributed by atoms with Crippen molar-refractivity contribution in [2.45, 2.75) is 49.0 Å². The topological polar surface area (TPSA) is 75.0 Å². The molecule has 0 amide bonds. The molecule has 2 bridgehead atoms. The molecule has 2 aliphatic rings. The molecule has 2 fully saturated rings. The zero-order valence-electron chi connectivity index (χ0n) is 12.7. The number of ketones is 1. The zero-order valence-corrected chi connectivity index (χ0v) is 13.5. The number of nitrogens with zero attached hydrogens (tertiary/aromatic N) is 1. The number of hydrogen-bond acceptors (Lipinski definition) is 4. The van der Waals surface area contributed by atoms with Crippen molar-refractivity contribution >= 4 is 15.6 Å². The van der Waals surface area contributed by atoms with Gasteiger partial charge in [-0.3, -0.25) is 4.79 Å². The standard InChI is InChI=1S/C17H18FNO3S/c18-16-10-12(5-4-11(16)6-7-19)17(20)13-8-14-2-1-3-15(9-13)23(14,21)22/h4-5,10,13-15H,1-3,6,8-9H2. The van der Waals surface area contributed by atoms with E-state index >= 15 is 0 Å². The Morgan fingerprint density at radius 3 is 2.48 bits per heavy atom. The van der Waals surface area contributed by atoms with E-state index in [1.807, 2.05) is 6.07 Å². The van der Waals surface area contributed by atoms with Crippen LogP contribution in [0.4, 0.5) is 4.39 Å². The summed E-state index contributed by atoms with van der Waals surface area (Å²) in [5, 5.41) is 7.78. The van der Waals surface area contributed by atoms with Gasteiger partial charge in [-0.15, -0.1) is 0 Å². The highest BCUT2D eigenvalue weighted by Gasteiger charge is 2.46. The number of carbonyl (C=O) groups excluding carboxylic acids is 1. The Kier molecular flexibility index (Phi) is 4.24. The van der Waals surface area contributed by atoms with Crippen LogP contribution in [0.25, 0.3) is 0 Å². The molecule has 0 spiro atoms. The number of benzene rings is 1. The second-order valence-electron chi connectivity index (χ2n) is 6.44. The van der Waals surface area contributed by atoms with Gasteiger partial charge < -0.3 is 0 Å². The molecule has 0 N–H and O–H groups in total. The fourth-order valence-electron chi connectivity index (χ4n) is 3.79. The number of carbonyl (C=O) groups is 1. The highest BCUT2D eigenvalue weighted by molar-refractivity contribution is 7.92. The number of sulfone groups is 1. The van der Waals surface area contributed by atoms with E-state index in [0.717, 1.165) is 6.42 Å². The van der Waals surface area contributed by atoms with Gasteiger partial charge in [0.1, 0.15) is 5.82 Å². The summed E-state index contributed by atoms with van der Waals surface area (Å²) in [6, 6.07) is 6.06. The average molecular weight is 335 g/mol. The smallest absolute Gasteiger partial charge is 0.166 e. The molecule has 0 aliphatic carbocycles. The van der Waals surface area contributed by atoms with Crippen molar-refractivity contribution in [2.24, 2.45) is 5.92 Å². The minimum absolute atomic E-state index is 0.0356. The number of fused-ring (bicyclic) bond motifs is 2. The van der Waals surface area contributed by atoms with Crippen molar-refractivity contribution in [3.63, 3.8) is 0 Å². The summed E-state index contributed by atoms with van der Waals surface area (Å²) < 4.78 is 38.5. The second kappa shape index (κ2) is 6.04. The van der Waals surface area contributed by atoms with Gasteiger partial charge in [0.05, 0.1) is 23.0 Å². The number of halogens is 1. The predicted octanol–water partition coefficient (Wildman–Crippen LogP) is 2.82. The highest BCUT2D eigenvalue weighted by atomic mass is 32.2. The molecule has 2 aliphatic heterocycles. The zero-order chi connectivity index (χ0) is 16.6. The van der Waals surface area contributed by atoms with Crippen molar-refractivity contribution < 1.29 is 17.6 Å². The third-order valence-corrected chi connectivity index (χ3v) is 7.77. The molecule has 122 valence electrons. The van der Waals surface area contributed by atoms with Crippen molar-refractivity contribution in [1.29, 1.82) is 5.26 Å². The van der Waals surface area contributed by atoms with E-state index in [4.69, 9.17) is 5.26 Å². The van der Waals surface area contributed by atoms with Crippen LogP contribution in [0.2, 0.25) is 0 Å². The van der Waals surface area contributed by atoms with E-state index in [2.05, 4.69) is 0 Å². The first-order valence-corrected chi connectivity index (χ1v) is 9.46. The van der Waals surface area contributed by atoms with E-state index in [0.29, 0.717) is 25.7 Å². The molecule has 6 heteroatoms. The Morgan fingerprint density at radius 1 is 1.26 bits per heavy atom. The minimum atomic E-state index is -3.10. The van der Waals surface area contributed by atoms with Gasteiger partial charge in [-0.2, -0.15) is 5.26 Å². The molecule has 0 saturated carbocycles. The summed E-state index contributed by atoms with van der Waals surface area (Å²) in [4.78, 5) is 12.6. The maximum atomic E-state index is 13.9. The fraction of sp³-hybridized carbons (Fsp3) is 0.529. The molecule has 4 nitrogen and oxygen atoms in total. The molecule has 2 atom stereocenters.